The van der Waals surface area contributed by atoms with Crippen molar-refractivity contribution in [3.8, 4) is 22.3 Å². The number of nitrogens with zero attached hydrogens (tertiary/aromatic N) is 1. The number of hydrogen-bond donors (Lipinski definition) is 1. The van der Waals surface area contributed by atoms with Crippen LogP contribution in [0.5, 0.6) is 0 Å². The van der Waals surface area contributed by atoms with E-state index >= 15 is 8.78 Å². The lowest BCUT2D eigenvalue weighted by atomic mass is 9.90. The molecule has 0 unspecified atom stereocenters. The number of benzene rings is 2. The molecule has 1 heterocycles. The van der Waals surface area contributed by atoms with Gasteiger partial charge in [-0.3, -0.25) is 0 Å². The third-order valence-electron chi connectivity index (χ3n) is 5.22. The first-order chi connectivity index (χ1) is 14.2. The molecule has 0 aliphatic rings. The number of pyridine rings is 1. The molecule has 30 heavy (non-hydrogen) atoms. The van der Waals surface area contributed by atoms with Crippen molar-refractivity contribution in [1.82, 2.24) is 4.98 Å². The minimum atomic E-state index is -0.401. The molecule has 3 aromatic rings. The molecule has 0 bridgehead atoms. The molecular weight excluding hydrogens is 378 g/mol. The van der Waals surface area contributed by atoms with Crippen molar-refractivity contribution in [1.29, 1.82) is 0 Å². The molecule has 0 atom stereocenters. The van der Waals surface area contributed by atoms with E-state index in [1.165, 1.54) is 5.56 Å². The lowest BCUT2D eigenvalue weighted by Gasteiger charge is -2.17. The Kier molecular flexibility index (Phi) is 6.55. The van der Waals surface area contributed by atoms with Crippen LogP contribution >= 0.6 is 0 Å². The Labute approximate surface area is 178 Å². The molecule has 0 aliphatic heterocycles. The molecule has 0 saturated carbocycles. The molecule has 0 spiro atoms. The highest BCUT2D eigenvalue weighted by Gasteiger charge is 2.22. The summed E-state index contributed by atoms with van der Waals surface area (Å²) in [4.78, 5) is 4.35. The molecule has 1 aromatic heterocycles. The zero-order chi connectivity index (χ0) is 22.0. The molecule has 0 radical (unpaired) electrons. The summed E-state index contributed by atoms with van der Waals surface area (Å²) >= 11 is 0. The van der Waals surface area contributed by atoms with E-state index in [0.717, 1.165) is 6.42 Å². The van der Waals surface area contributed by atoms with E-state index in [2.05, 4.69) is 24.1 Å². The third-order valence-corrected chi connectivity index (χ3v) is 5.22. The first-order valence-corrected chi connectivity index (χ1v) is 10.5. The summed E-state index contributed by atoms with van der Waals surface area (Å²) < 4.78 is 30.9. The number of hydrogen-bond acceptors (Lipinski definition) is 2. The fourth-order valence-electron chi connectivity index (χ4n) is 3.81. The maximum atomic E-state index is 15.4. The summed E-state index contributed by atoms with van der Waals surface area (Å²) in [5.41, 5.74) is 3.67. The molecule has 2 nitrogen and oxygen atoms in total. The molecule has 3 rings (SSSR count). The van der Waals surface area contributed by atoms with Gasteiger partial charge in [-0.15, -0.1) is 0 Å². The molecule has 0 aliphatic carbocycles. The van der Waals surface area contributed by atoms with Gasteiger partial charge in [-0.1, -0.05) is 38.1 Å². The van der Waals surface area contributed by atoms with Crippen LogP contribution in [0.15, 0.2) is 42.6 Å². The van der Waals surface area contributed by atoms with Crippen molar-refractivity contribution in [2.45, 2.75) is 54.0 Å². The topological polar surface area (TPSA) is 24.9 Å². The number of halogens is 2. The van der Waals surface area contributed by atoms with Crippen LogP contribution in [-0.2, 0) is 6.42 Å². The largest absolute Gasteiger partial charge is 0.368 e. The predicted octanol–water partition coefficient (Wildman–Crippen LogP) is 7.33. The lowest BCUT2D eigenvalue weighted by Crippen LogP contribution is -2.10. The van der Waals surface area contributed by atoms with Crippen LogP contribution in [0.25, 0.3) is 22.3 Å². The molecule has 2 aromatic carbocycles. The van der Waals surface area contributed by atoms with Gasteiger partial charge in [0.15, 0.2) is 0 Å². The van der Waals surface area contributed by atoms with Crippen LogP contribution in [-0.4, -0.2) is 11.0 Å². The molecule has 0 saturated heterocycles. The Bertz CT molecular complexity index is 907. The van der Waals surface area contributed by atoms with Gasteiger partial charge in [0.2, 0.25) is 0 Å². The second-order valence-corrected chi connectivity index (χ2v) is 8.65. The van der Waals surface area contributed by atoms with Crippen LogP contribution in [0.4, 0.5) is 14.6 Å². The smallest absolute Gasteiger partial charge is 0.135 e. The zero-order valence-corrected chi connectivity index (χ0v) is 18.6. The monoisotopic (exact) mass is 408 g/mol. The third kappa shape index (κ3) is 4.53. The van der Waals surface area contributed by atoms with E-state index in [9.17, 15) is 0 Å². The summed E-state index contributed by atoms with van der Waals surface area (Å²) in [7, 11) is 0. The summed E-state index contributed by atoms with van der Waals surface area (Å²) in [5, 5.41) is 3.20. The SMILES string of the molecule is Cc1c(F)c(-c2ccc(NC(C)C)nc2)c(C)c(F)c1-c1ccc(CC(C)C)cc1. The second-order valence-electron chi connectivity index (χ2n) is 8.65. The first-order valence-electron chi connectivity index (χ1n) is 10.5. The van der Waals surface area contributed by atoms with Crippen LogP contribution in [0, 0.1) is 31.4 Å². The Morgan fingerprint density at radius 2 is 1.33 bits per heavy atom. The van der Waals surface area contributed by atoms with Gasteiger partial charge in [0.25, 0.3) is 0 Å². The molecular formula is C26H30F2N2. The average Bonchev–Trinajstić information content (AvgIpc) is 2.68. The lowest BCUT2D eigenvalue weighted by molar-refractivity contribution is 0.592. The highest BCUT2D eigenvalue weighted by atomic mass is 19.1. The minimum absolute atomic E-state index is 0.243. The molecule has 1 N–H and O–H groups in total. The van der Waals surface area contributed by atoms with Gasteiger partial charge in [-0.25, -0.2) is 13.8 Å². The van der Waals surface area contributed by atoms with E-state index in [1.54, 1.807) is 32.2 Å². The normalized spacial score (nSPS) is 11.4. The van der Waals surface area contributed by atoms with Gasteiger partial charge in [-0.05, 0) is 74.4 Å². The standard InChI is InChI=1S/C26H30F2N2/c1-15(2)13-19-7-9-20(10-8-19)23-17(5)26(28)24(18(6)25(23)27)21-11-12-22(29-14-21)30-16(3)4/h7-12,14-16H,13H2,1-6H3,(H,29,30). The van der Waals surface area contributed by atoms with Crippen molar-refractivity contribution in [2.24, 2.45) is 5.92 Å². The van der Waals surface area contributed by atoms with Gasteiger partial charge in [0.05, 0.1) is 0 Å². The second kappa shape index (κ2) is 8.95. The Morgan fingerprint density at radius 1 is 0.800 bits per heavy atom. The van der Waals surface area contributed by atoms with Gasteiger partial charge in [0.1, 0.15) is 17.5 Å². The number of anilines is 1. The number of aromatic nitrogens is 1. The fraction of sp³-hybridized carbons (Fsp3) is 0.346. The van der Waals surface area contributed by atoms with Crippen molar-refractivity contribution >= 4 is 5.82 Å². The fourth-order valence-corrected chi connectivity index (χ4v) is 3.81. The highest BCUT2D eigenvalue weighted by Crippen LogP contribution is 2.38. The van der Waals surface area contributed by atoms with E-state index in [-0.39, 0.29) is 17.4 Å². The van der Waals surface area contributed by atoms with Crippen molar-refractivity contribution in [2.75, 3.05) is 5.32 Å². The van der Waals surface area contributed by atoms with Gasteiger partial charge in [-0.2, -0.15) is 0 Å². The maximum Gasteiger partial charge on any atom is 0.135 e. The van der Waals surface area contributed by atoms with Crippen LogP contribution in [0.3, 0.4) is 0 Å². The average molecular weight is 409 g/mol. The summed E-state index contributed by atoms with van der Waals surface area (Å²) in [6, 6.07) is 11.6. The van der Waals surface area contributed by atoms with E-state index in [0.29, 0.717) is 39.6 Å². The summed E-state index contributed by atoms with van der Waals surface area (Å²) in [5.74, 6) is 0.470. The Morgan fingerprint density at radius 3 is 1.80 bits per heavy atom. The van der Waals surface area contributed by atoms with Gasteiger partial charge < -0.3 is 5.32 Å². The van der Waals surface area contributed by atoms with Crippen molar-refractivity contribution in [3.05, 3.63) is 70.9 Å². The van der Waals surface area contributed by atoms with Crippen molar-refractivity contribution < 1.29 is 8.78 Å². The Balaban J connectivity index is 2.04. The van der Waals surface area contributed by atoms with Crippen molar-refractivity contribution in [3.63, 3.8) is 0 Å². The van der Waals surface area contributed by atoms with Gasteiger partial charge >= 0.3 is 0 Å². The quantitative estimate of drug-likeness (QED) is 0.462. The van der Waals surface area contributed by atoms with E-state index in [4.69, 9.17) is 0 Å². The maximum absolute atomic E-state index is 15.4. The summed E-state index contributed by atoms with van der Waals surface area (Å²) in [6.45, 7) is 11.6. The highest BCUT2D eigenvalue weighted by molar-refractivity contribution is 5.78. The van der Waals surface area contributed by atoms with E-state index < -0.39 is 5.82 Å². The van der Waals surface area contributed by atoms with Crippen LogP contribution in [0.1, 0.15) is 44.4 Å². The molecule has 4 heteroatoms. The number of nitrogens with one attached hydrogen (secondary N) is 1. The predicted molar refractivity (Wildman–Crippen MR) is 122 cm³/mol. The Hall–Kier alpha value is -2.75. The van der Waals surface area contributed by atoms with E-state index in [1.807, 2.05) is 38.1 Å². The number of rotatable bonds is 6. The molecule has 0 fully saturated rings. The summed E-state index contributed by atoms with van der Waals surface area (Å²) in [6.07, 6.45) is 2.55. The van der Waals surface area contributed by atoms with Crippen LogP contribution in [0.2, 0.25) is 0 Å². The molecule has 0 amide bonds. The first kappa shape index (κ1) is 21.9. The zero-order valence-electron chi connectivity index (χ0n) is 18.6. The molecule has 158 valence electrons. The minimum Gasteiger partial charge on any atom is -0.368 e. The van der Waals surface area contributed by atoms with Crippen LogP contribution < -0.4 is 5.32 Å². The van der Waals surface area contributed by atoms with Gasteiger partial charge in [0, 0.05) is 28.9 Å².